The lowest BCUT2D eigenvalue weighted by atomic mass is 9.87. The molecule has 0 aromatic heterocycles. The SMILES string of the molecule is CCC1(c2ccccc2)NC(=O)N(CC(=O)Nc2ccc(F)c([N+](=O)[O-])c2)C1=O. The second-order valence-electron chi connectivity index (χ2n) is 6.42. The van der Waals surface area contributed by atoms with Gasteiger partial charge in [-0.25, -0.2) is 4.79 Å². The molecule has 0 bridgehead atoms. The number of carbonyl (C=O) groups is 3. The molecule has 0 radical (unpaired) electrons. The Bertz CT molecular complexity index is 997. The first-order valence-corrected chi connectivity index (χ1v) is 8.72. The summed E-state index contributed by atoms with van der Waals surface area (Å²) < 4.78 is 13.4. The van der Waals surface area contributed by atoms with Crippen LogP contribution >= 0.6 is 0 Å². The fraction of sp³-hybridized carbons (Fsp3) is 0.211. The molecule has 10 heteroatoms. The standard InChI is InChI=1S/C19H17FN4O5/c1-2-19(12-6-4-3-5-7-12)17(26)23(18(27)22-19)11-16(25)21-13-8-9-14(20)15(10-13)24(28)29/h3-10H,2,11H2,1H3,(H,21,25)(H,22,27). The van der Waals surface area contributed by atoms with Gasteiger partial charge in [0.2, 0.25) is 11.7 Å². The number of anilines is 1. The Morgan fingerprint density at radius 1 is 1.24 bits per heavy atom. The third kappa shape index (κ3) is 3.64. The van der Waals surface area contributed by atoms with Crippen LogP contribution in [-0.2, 0) is 15.1 Å². The van der Waals surface area contributed by atoms with Crippen molar-refractivity contribution in [3.8, 4) is 0 Å². The maximum absolute atomic E-state index is 13.4. The van der Waals surface area contributed by atoms with Crippen LogP contribution in [0.15, 0.2) is 48.5 Å². The molecule has 29 heavy (non-hydrogen) atoms. The van der Waals surface area contributed by atoms with Crippen molar-refractivity contribution < 1.29 is 23.7 Å². The average Bonchev–Trinajstić information content (AvgIpc) is 2.95. The van der Waals surface area contributed by atoms with E-state index in [9.17, 15) is 28.9 Å². The van der Waals surface area contributed by atoms with Gasteiger partial charge in [0.15, 0.2) is 0 Å². The minimum atomic E-state index is -1.27. The van der Waals surface area contributed by atoms with Crippen molar-refractivity contribution >= 4 is 29.2 Å². The molecule has 1 aliphatic heterocycles. The summed E-state index contributed by atoms with van der Waals surface area (Å²) in [4.78, 5) is 48.3. The lowest BCUT2D eigenvalue weighted by Crippen LogP contribution is -2.44. The van der Waals surface area contributed by atoms with E-state index in [0.29, 0.717) is 5.56 Å². The molecule has 0 saturated carbocycles. The molecule has 1 fully saturated rings. The summed E-state index contributed by atoms with van der Waals surface area (Å²) in [7, 11) is 0. The van der Waals surface area contributed by atoms with Crippen molar-refractivity contribution in [1.82, 2.24) is 10.2 Å². The average molecular weight is 400 g/mol. The van der Waals surface area contributed by atoms with Crippen LogP contribution in [0.5, 0.6) is 0 Å². The highest BCUT2D eigenvalue weighted by molar-refractivity contribution is 6.10. The largest absolute Gasteiger partial charge is 0.325 e. The highest BCUT2D eigenvalue weighted by atomic mass is 19.1. The summed E-state index contributed by atoms with van der Waals surface area (Å²) in [6.45, 7) is 1.15. The Labute approximate surface area is 164 Å². The smallest absolute Gasteiger partial charge is 0.324 e. The Balaban J connectivity index is 1.77. The Morgan fingerprint density at radius 3 is 2.55 bits per heavy atom. The summed E-state index contributed by atoms with van der Waals surface area (Å²) in [5.41, 5.74) is -1.50. The Kier molecular flexibility index (Phi) is 5.26. The third-order valence-electron chi connectivity index (χ3n) is 4.70. The summed E-state index contributed by atoms with van der Waals surface area (Å²) in [6.07, 6.45) is 0.282. The highest BCUT2D eigenvalue weighted by Crippen LogP contribution is 2.32. The van der Waals surface area contributed by atoms with E-state index in [2.05, 4.69) is 10.6 Å². The fourth-order valence-electron chi connectivity index (χ4n) is 3.21. The summed E-state index contributed by atoms with van der Waals surface area (Å²) in [5, 5.41) is 15.8. The number of carbonyl (C=O) groups excluding carboxylic acids is 3. The molecular formula is C19H17FN4O5. The van der Waals surface area contributed by atoms with E-state index in [-0.39, 0.29) is 12.1 Å². The second kappa shape index (κ2) is 7.66. The van der Waals surface area contributed by atoms with Gasteiger partial charge in [0, 0.05) is 11.8 Å². The van der Waals surface area contributed by atoms with Crippen molar-refractivity contribution in [2.75, 3.05) is 11.9 Å². The lowest BCUT2D eigenvalue weighted by molar-refractivity contribution is -0.387. The van der Waals surface area contributed by atoms with Crippen LogP contribution in [0, 0.1) is 15.9 Å². The molecule has 3 rings (SSSR count). The zero-order valence-electron chi connectivity index (χ0n) is 15.3. The van der Waals surface area contributed by atoms with Gasteiger partial charge in [0.25, 0.3) is 5.91 Å². The number of nitrogens with zero attached hydrogens (tertiary/aromatic N) is 2. The topological polar surface area (TPSA) is 122 Å². The zero-order valence-corrected chi connectivity index (χ0v) is 15.3. The molecule has 1 unspecified atom stereocenters. The van der Waals surface area contributed by atoms with Crippen LogP contribution in [0.1, 0.15) is 18.9 Å². The number of nitrogens with one attached hydrogen (secondary N) is 2. The zero-order chi connectivity index (χ0) is 21.2. The van der Waals surface area contributed by atoms with Gasteiger partial charge in [-0.15, -0.1) is 0 Å². The number of halogens is 1. The molecule has 1 atom stereocenters. The maximum atomic E-state index is 13.4. The van der Waals surface area contributed by atoms with Crippen LogP contribution in [0.3, 0.4) is 0 Å². The molecule has 4 amide bonds. The van der Waals surface area contributed by atoms with E-state index in [1.54, 1.807) is 37.3 Å². The van der Waals surface area contributed by atoms with Crippen LogP contribution in [0.25, 0.3) is 0 Å². The number of hydrogen-bond donors (Lipinski definition) is 2. The number of hydrogen-bond acceptors (Lipinski definition) is 5. The van der Waals surface area contributed by atoms with Gasteiger partial charge in [-0.2, -0.15) is 4.39 Å². The first kappa shape index (κ1) is 19.9. The van der Waals surface area contributed by atoms with Gasteiger partial charge in [-0.3, -0.25) is 24.6 Å². The van der Waals surface area contributed by atoms with E-state index >= 15 is 0 Å². The van der Waals surface area contributed by atoms with E-state index in [1.165, 1.54) is 0 Å². The van der Waals surface area contributed by atoms with Gasteiger partial charge in [0.05, 0.1) is 4.92 Å². The number of benzene rings is 2. The predicted molar refractivity (Wildman–Crippen MR) is 100 cm³/mol. The molecule has 1 aliphatic rings. The molecule has 0 aliphatic carbocycles. The third-order valence-corrected chi connectivity index (χ3v) is 4.70. The molecule has 9 nitrogen and oxygen atoms in total. The number of rotatable bonds is 6. The van der Waals surface area contributed by atoms with Crippen LogP contribution in [0.4, 0.5) is 20.6 Å². The normalized spacial score (nSPS) is 18.5. The molecule has 1 saturated heterocycles. The first-order chi connectivity index (χ1) is 13.8. The molecule has 1 heterocycles. The van der Waals surface area contributed by atoms with Crippen LogP contribution < -0.4 is 10.6 Å². The number of imide groups is 1. The van der Waals surface area contributed by atoms with Crippen molar-refractivity contribution in [3.63, 3.8) is 0 Å². The summed E-state index contributed by atoms with van der Waals surface area (Å²) in [6, 6.07) is 10.8. The van der Waals surface area contributed by atoms with Crippen molar-refractivity contribution in [2.45, 2.75) is 18.9 Å². The van der Waals surface area contributed by atoms with E-state index in [1.807, 2.05) is 0 Å². The fourth-order valence-corrected chi connectivity index (χ4v) is 3.21. The number of urea groups is 1. The summed E-state index contributed by atoms with van der Waals surface area (Å²) >= 11 is 0. The molecule has 2 aromatic carbocycles. The molecule has 150 valence electrons. The van der Waals surface area contributed by atoms with Crippen molar-refractivity contribution in [1.29, 1.82) is 0 Å². The maximum Gasteiger partial charge on any atom is 0.325 e. The molecule has 2 N–H and O–H groups in total. The molecule has 2 aromatic rings. The van der Waals surface area contributed by atoms with Gasteiger partial charge in [-0.05, 0) is 24.1 Å². The van der Waals surface area contributed by atoms with Gasteiger partial charge >= 0.3 is 11.7 Å². The van der Waals surface area contributed by atoms with E-state index < -0.39 is 46.4 Å². The second-order valence-corrected chi connectivity index (χ2v) is 6.42. The number of amides is 4. The van der Waals surface area contributed by atoms with E-state index in [4.69, 9.17) is 0 Å². The minimum Gasteiger partial charge on any atom is -0.324 e. The quantitative estimate of drug-likeness (QED) is 0.438. The van der Waals surface area contributed by atoms with Gasteiger partial charge < -0.3 is 10.6 Å². The van der Waals surface area contributed by atoms with Gasteiger partial charge in [-0.1, -0.05) is 37.3 Å². The highest BCUT2D eigenvalue weighted by Gasteiger charge is 2.51. The lowest BCUT2D eigenvalue weighted by Gasteiger charge is -2.25. The summed E-state index contributed by atoms with van der Waals surface area (Å²) in [5.74, 6) is -2.37. The Morgan fingerprint density at radius 2 is 1.93 bits per heavy atom. The number of nitro benzene ring substituents is 1. The monoisotopic (exact) mass is 400 g/mol. The van der Waals surface area contributed by atoms with Crippen molar-refractivity contribution in [3.05, 3.63) is 70.0 Å². The molecule has 0 spiro atoms. The predicted octanol–water partition coefficient (Wildman–Crippen LogP) is 2.53. The van der Waals surface area contributed by atoms with Gasteiger partial charge in [0.1, 0.15) is 12.1 Å². The van der Waals surface area contributed by atoms with Crippen LogP contribution in [-0.4, -0.2) is 34.2 Å². The van der Waals surface area contributed by atoms with Crippen LogP contribution in [0.2, 0.25) is 0 Å². The minimum absolute atomic E-state index is 0.0278. The number of nitro groups is 1. The Hall–Kier alpha value is -3.82. The van der Waals surface area contributed by atoms with Crippen molar-refractivity contribution in [2.24, 2.45) is 0 Å². The first-order valence-electron chi connectivity index (χ1n) is 8.72. The molecular weight excluding hydrogens is 383 g/mol. The van der Waals surface area contributed by atoms with E-state index in [0.717, 1.165) is 23.1 Å².